The number of pyridine rings is 1. The van der Waals surface area contributed by atoms with Gasteiger partial charge in [-0.3, -0.25) is 9.59 Å². The van der Waals surface area contributed by atoms with E-state index in [9.17, 15) is 14.0 Å². The number of halogens is 1. The van der Waals surface area contributed by atoms with Crippen molar-refractivity contribution in [3.63, 3.8) is 0 Å². The smallest absolute Gasteiger partial charge is 0.254 e. The van der Waals surface area contributed by atoms with Crippen LogP contribution in [0, 0.1) is 18.7 Å². The highest BCUT2D eigenvalue weighted by molar-refractivity contribution is 5.95. The Morgan fingerprint density at radius 1 is 1.16 bits per heavy atom. The molecule has 1 saturated heterocycles. The highest BCUT2D eigenvalue weighted by Crippen LogP contribution is 2.24. The zero-order valence-electron chi connectivity index (χ0n) is 18.4. The van der Waals surface area contributed by atoms with E-state index >= 15 is 0 Å². The van der Waals surface area contributed by atoms with Crippen molar-refractivity contribution in [2.75, 3.05) is 19.6 Å². The molecule has 0 spiro atoms. The molecule has 168 valence electrons. The van der Waals surface area contributed by atoms with Crippen molar-refractivity contribution in [3.8, 4) is 0 Å². The van der Waals surface area contributed by atoms with Crippen molar-refractivity contribution in [2.45, 2.75) is 39.0 Å². The van der Waals surface area contributed by atoms with Crippen LogP contribution in [-0.4, -0.2) is 45.7 Å². The Bertz CT molecular complexity index is 1100. The number of nitrogens with zero attached hydrogens (tertiary/aromatic N) is 3. The predicted octanol–water partition coefficient (Wildman–Crippen LogP) is 4.23. The molecule has 1 fully saturated rings. The Balaban J connectivity index is 1.15. The third kappa shape index (κ3) is 4.98. The van der Waals surface area contributed by atoms with E-state index in [4.69, 9.17) is 0 Å². The molecule has 1 N–H and O–H groups in total. The van der Waals surface area contributed by atoms with Gasteiger partial charge in [0.05, 0.1) is 5.56 Å². The summed E-state index contributed by atoms with van der Waals surface area (Å²) in [6.45, 7) is 3.74. The summed E-state index contributed by atoms with van der Waals surface area (Å²) in [6.07, 6.45) is 10.3. The van der Waals surface area contributed by atoms with Gasteiger partial charge >= 0.3 is 0 Å². The number of rotatable bonds is 7. The molecule has 2 amide bonds. The molecule has 0 atom stereocenters. The number of nitrogens with one attached hydrogen (secondary N) is 1. The number of unbranched alkanes of at least 4 members (excludes halogenated alkanes) is 1. The second-order valence-corrected chi connectivity index (χ2v) is 8.51. The van der Waals surface area contributed by atoms with E-state index in [0.29, 0.717) is 42.2 Å². The van der Waals surface area contributed by atoms with Gasteiger partial charge in [-0.1, -0.05) is 18.9 Å². The van der Waals surface area contributed by atoms with Crippen molar-refractivity contribution in [2.24, 2.45) is 5.92 Å². The van der Waals surface area contributed by atoms with Crippen molar-refractivity contribution in [1.29, 1.82) is 0 Å². The third-order valence-electron chi connectivity index (χ3n) is 6.38. The normalized spacial score (nSPS) is 14.6. The summed E-state index contributed by atoms with van der Waals surface area (Å²) in [5.41, 5.74) is 2.33. The Labute approximate surface area is 187 Å². The quantitative estimate of drug-likeness (QED) is 0.564. The lowest BCUT2D eigenvalue weighted by Gasteiger charge is -2.32. The van der Waals surface area contributed by atoms with Gasteiger partial charge in [-0.05, 0) is 61.9 Å². The van der Waals surface area contributed by atoms with Crippen molar-refractivity contribution >= 4 is 17.5 Å². The van der Waals surface area contributed by atoms with Crippen LogP contribution in [-0.2, 0) is 0 Å². The highest BCUT2D eigenvalue weighted by Gasteiger charge is 2.24. The van der Waals surface area contributed by atoms with Gasteiger partial charge in [-0.2, -0.15) is 0 Å². The Morgan fingerprint density at radius 3 is 2.78 bits per heavy atom. The number of aromatic nitrogens is 2. The maximum absolute atomic E-state index is 13.8. The molecule has 4 rings (SSSR count). The first-order valence-corrected chi connectivity index (χ1v) is 11.3. The first-order valence-electron chi connectivity index (χ1n) is 11.3. The molecule has 0 bridgehead atoms. The molecule has 32 heavy (non-hydrogen) atoms. The maximum atomic E-state index is 13.8. The van der Waals surface area contributed by atoms with Crippen LogP contribution in [0.25, 0.3) is 5.65 Å². The average molecular weight is 437 g/mol. The predicted molar refractivity (Wildman–Crippen MR) is 121 cm³/mol. The number of likely N-dealkylation sites (tertiary alicyclic amines) is 1. The Morgan fingerprint density at radius 2 is 1.97 bits per heavy atom. The van der Waals surface area contributed by atoms with Crippen LogP contribution in [0.4, 0.5) is 4.39 Å². The van der Waals surface area contributed by atoms with Gasteiger partial charge < -0.3 is 14.6 Å². The molecule has 7 heteroatoms. The largest absolute Gasteiger partial charge is 0.352 e. The van der Waals surface area contributed by atoms with Crippen LogP contribution >= 0.6 is 0 Å². The molecule has 0 unspecified atom stereocenters. The summed E-state index contributed by atoms with van der Waals surface area (Å²) in [4.78, 5) is 31.1. The topological polar surface area (TPSA) is 66.7 Å². The molecular formula is C25H29FN4O2. The molecule has 1 aromatic carbocycles. The molecule has 0 saturated carbocycles. The minimum Gasteiger partial charge on any atom is -0.352 e. The first kappa shape index (κ1) is 22.0. The molecule has 6 nitrogen and oxygen atoms in total. The fourth-order valence-corrected chi connectivity index (χ4v) is 4.35. The molecule has 3 heterocycles. The SMILES string of the molecule is Cc1c(F)cccc1C(=O)N1CCC(CCCCNC(=O)c2ccc3nccn3c2)CC1. The number of hydrogen-bond acceptors (Lipinski definition) is 3. The van der Waals surface area contributed by atoms with Crippen LogP contribution in [0.5, 0.6) is 0 Å². The van der Waals surface area contributed by atoms with E-state index in [2.05, 4.69) is 10.3 Å². The lowest BCUT2D eigenvalue weighted by molar-refractivity contribution is 0.0684. The number of piperidine rings is 1. The van der Waals surface area contributed by atoms with Crippen LogP contribution < -0.4 is 5.32 Å². The van der Waals surface area contributed by atoms with Gasteiger partial charge in [0.2, 0.25) is 0 Å². The van der Waals surface area contributed by atoms with Gasteiger partial charge in [-0.15, -0.1) is 0 Å². The fourth-order valence-electron chi connectivity index (χ4n) is 4.35. The maximum Gasteiger partial charge on any atom is 0.254 e. The van der Waals surface area contributed by atoms with Crippen molar-refractivity contribution in [1.82, 2.24) is 19.6 Å². The summed E-state index contributed by atoms with van der Waals surface area (Å²) in [5, 5.41) is 2.99. The molecule has 2 aromatic heterocycles. The van der Waals surface area contributed by atoms with Crippen LogP contribution in [0.2, 0.25) is 0 Å². The van der Waals surface area contributed by atoms with E-state index in [1.807, 2.05) is 21.6 Å². The molecule has 1 aliphatic heterocycles. The van der Waals surface area contributed by atoms with E-state index in [1.54, 1.807) is 37.5 Å². The first-order chi connectivity index (χ1) is 15.5. The van der Waals surface area contributed by atoms with Crippen molar-refractivity contribution < 1.29 is 14.0 Å². The molecule has 1 aliphatic rings. The number of carbonyl (C=O) groups is 2. The summed E-state index contributed by atoms with van der Waals surface area (Å²) in [7, 11) is 0. The number of fused-ring (bicyclic) bond motifs is 1. The van der Waals surface area contributed by atoms with Gasteiger partial charge in [0.25, 0.3) is 11.8 Å². The zero-order valence-corrected chi connectivity index (χ0v) is 18.4. The number of carbonyl (C=O) groups excluding carboxylic acids is 2. The number of benzene rings is 1. The molecule has 0 radical (unpaired) electrons. The van der Waals surface area contributed by atoms with Crippen LogP contribution in [0.1, 0.15) is 58.4 Å². The monoisotopic (exact) mass is 436 g/mol. The van der Waals surface area contributed by atoms with Crippen LogP contribution in [0.15, 0.2) is 48.9 Å². The lowest BCUT2D eigenvalue weighted by atomic mass is 9.91. The van der Waals surface area contributed by atoms with Gasteiger partial charge in [0.1, 0.15) is 11.5 Å². The van der Waals surface area contributed by atoms with E-state index < -0.39 is 0 Å². The zero-order chi connectivity index (χ0) is 22.5. The standard InChI is InChI=1S/C25H29FN4O2/c1-18-21(6-4-7-22(18)26)25(32)29-14-10-19(11-15-29)5-2-3-12-28-24(31)20-8-9-23-27-13-16-30(23)17-20/h4,6-9,13,16-17,19H,2-3,5,10-12,14-15H2,1H3,(H,28,31). The molecular weight excluding hydrogens is 407 g/mol. The van der Waals surface area contributed by atoms with E-state index in [-0.39, 0.29) is 17.6 Å². The summed E-state index contributed by atoms with van der Waals surface area (Å²) >= 11 is 0. The molecule has 0 aliphatic carbocycles. The second-order valence-electron chi connectivity index (χ2n) is 8.51. The number of imidazole rings is 1. The Kier molecular flexibility index (Phi) is 6.83. The summed E-state index contributed by atoms with van der Waals surface area (Å²) < 4.78 is 15.6. The van der Waals surface area contributed by atoms with Crippen LogP contribution in [0.3, 0.4) is 0 Å². The fraction of sp³-hybridized carbons (Fsp3) is 0.400. The lowest BCUT2D eigenvalue weighted by Crippen LogP contribution is -2.38. The summed E-state index contributed by atoms with van der Waals surface area (Å²) in [5.74, 6) is 0.115. The second kappa shape index (κ2) is 9.94. The number of hydrogen-bond donors (Lipinski definition) is 1. The van der Waals surface area contributed by atoms with Crippen molar-refractivity contribution in [3.05, 3.63) is 71.4 Å². The Hall–Kier alpha value is -3.22. The van der Waals surface area contributed by atoms with Gasteiger partial charge in [0.15, 0.2) is 0 Å². The summed E-state index contributed by atoms with van der Waals surface area (Å²) in [6, 6.07) is 8.31. The van der Waals surface area contributed by atoms with Gasteiger partial charge in [-0.25, -0.2) is 9.37 Å². The number of amides is 2. The molecule has 3 aromatic rings. The van der Waals surface area contributed by atoms with Gasteiger partial charge in [0, 0.05) is 43.8 Å². The highest BCUT2D eigenvalue weighted by atomic mass is 19.1. The minimum absolute atomic E-state index is 0.0694. The average Bonchev–Trinajstić information content (AvgIpc) is 3.28. The minimum atomic E-state index is -0.333. The third-order valence-corrected chi connectivity index (χ3v) is 6.38. The van der Waals surface area contributed by atoms with E-state index in [0.717, 1.165) is 37.8 Å². The van der Waals surface area contributed by atoms with E-state index in [1.165, 1.54) is 6.07 Å².